The summed E-state index contributed by atoms with van der Waals surface area (Å²) >= 11 is 0. The van der Waals surface area contributed by atoms with E-state index in [1.807, 2.05) is 40.5 Å². The predicted molar refractivity (Wildman–Crippen MR) is 192 cm³/mol. The minimum atomic E-state index is -0.835. The molecule has 0 radical (unpaired) electrons. The highest BCUT2D eigenvalue weighted by atomic mass is 15.6. The van der Waals surface area contributed by atoms with Crippen LogP contribution in [0.3, 0.4) is 0 Å². The van der Waals surface area contributed by atoms with E-state index in [9.17, 15) is 0 Å². The summed E-state index contributed by atoms with van der Waals surface area (Å²) in [5.41, 5.74) is 8.78. The molecule has 3 aromatic heterocycles. The fourth-order valence-corrected chi connectivity index (χ4v) is 7.03. The molecule has 8 heteroatoms. The van der Waals surface area contributed by atoms with Gasteiger partial charge in [-0.2, -0.15) is 4.63 Å². The van der Waals surface area contributed by atoms with Gasteiger partial charge in [0.1, 0.15) is 11.4 Å². The number of hydrogen-bond donors (Lipinski definition) is 0. The van der Waals surface area contributed by atoms with E-state index in [2.05, 4.69) is 148 Å². The first-order valence-corrected chi connectivity index (χ1v) is 16.7. The highest BCUT2D eigenvalue weighted by molar-refractivity contribution is 5.81. The molecule has 0 spiro atoms. The zero-order chi connectivity index (χ0) is 33.2. The van der Waals surface area contributed by atoms with Crippen LogP contribution < -0.4 is 0 Å². The van der Waals surface area contributed by atoms with E-state index in [0.29, 0.717) is 12.4 Å². The molecule has 3 heterocycles. The van der Waals surface area contributed by atoms with Crippen molar-refractivity contribution >= 4 is 5.65 Å². The van der Waals surface area contributed by atoms with E-state index in [1.165, 1.54) is 11.1 Å². The van der Waals surface area contributed by atoms with Crippen LogP contribution in [-0.2, 0) is 18.5 Å². The second-order valence-electron chi connectivity index (χ2n) is 12.3. The molecule has 0 aliphatic rings. The number of fused-ring (bicyclic) bond motifs is 1. The van der Waals surface area contributed by atoms with Crippen LogP contribution in [0.1, 0.15) is 47.0 Å². The van der Waals surface area contributed by atoms with Gasteiger partial charge in [0.15, 0.2) is 11.5 Å². The van der Waals surface area contributed by atoms with Crippen LogP contribution in [0.4, 0.5) is 0 Å². The van der Waals surface area contributed by atoms with Crippen LogP contribution in [0.5, 0.6) is 0 Å². The Bertz CT molecular complexity index is 2220. The summed E-state index contributed by atoms with van der Waals surface area (Å²) in [4.78, 5) is 4.68. The highest BCUT2D eigenvalue weighted by Crippen LogP contribution is 2.43. The van der Waals surface area contributed by atoms with Crippen molar-refractivity contribution in [1.82, 2.24) is 39.6 Å². The third-order valence-corrected chi connectivity index (χ3v) is 9.19. The van der Waals surface area contributed by atoms with Crippen LogP contribution in [0, 0.1) is 6.92 Å². The van der Waals surface area contributed by atoms with Gasteiger partial charge in [0.05, 0.1) is 6.54 Å². The number of rotatable bonds is 10. The normalized spacial score (nSPS) is 11.7. The molecule has 8 aromatic rings. The van der Waals surface area contributed by atoms with E-state index in [1.54, 1.807) is 0 Å². The van der Waals surface area contributed by atoms with Crippen molar-refractivity contribution < 1.29 is 0 Å². The Kier molecular flexibility index (Phi) is 7.89. The van der Waals surface area contributed by atoms with Crippen molar-refractivity contribution in [3.05, 3.63) is 179 Å². The molecule has 0 bridgehead atoms. The van der Waals surface area contributed by atoms with E-state index in [0.717, 1.165) is 57.7 Å². The van der Waals surface area contributed by atoms with Crippen LogP contribution >= 0.6 is 0 Å². The van der Waals surface area contributed by atoms with Crippen LogP contribution in [0.25, 0.3) is 28.2 Å². The monoisotopic (exact) mass is 640 g/mol. The molecule has 0 unspecified atom stereocenters. The Balaban J connectivity index is 1.23. The molecule has 0 atom stereocenters. The molecule has 240 valence electrons. The molecule has 0 N–H and O–H groups in total. The van der Waals surface area contributed by atoms with E-state index in [4.69, 9.17) is 10.3 Å². The molecular formula is C41H36N8. The second-order valence-corrected chi connectivity index (χ2v) is 12.3. The lowest BCUT2D eigenvalue weighted by atomic mass is 9.77. The molecule has 0 aliphatic heterocycles. The summed E-state index contributed by atoms with van der Waals surface area (Å²) < 4.78 is 6.07. The lowest BCUT2D eigenvalue weighted by molar-refractivity contribution is 0.451. The Morgan fingerprint density at radius 2 is 1.22 bits per heavy atom. The van der Waals surface area contributed by atoms with Gasteiger partial charge >= 0.3 is 0 Å². The van der Waals surface area contributed by atoms with Gasteiger partial charge in [0, 0.05) is 17.3 Å². The van der Waals surface area contributed by atoms with Crippen molar-refractivity contribution in [3.8, 4) is 22.5 Å². The van der Waals surface area contributed by atoms with Crippen LogP contribution in [0.2, 0.25) is 0 Å². The van der Waals surface area contributed by atoms with Gasteiger partial charge < -0.3 is 0 Å². The van der Waals surface area contributed by atoms with Crippen molar-refractivity contribution in [1.29, 1.82) is 0 Å². The van der Waals surface area contributed by atoms with Crippen molar-refractivity contribution in [2.45, 2.75) is 38.8 Å². The lowest BCUT2D eigenvalue weighted by Gasteiger charge is -2.36. The Hall–Kier alpha value is -6.15. The first-order valence-electron chi connectivity index (χ1n) is 16.7. The number of benzene rings is 5. The number of aromatic nitrogens is 8. The van der Waals surface area contributed by atoms with E-state index in [-0.39, 0.29) is 0 Å². The number of aryl methyl sites for hydroxylation is 2. The predicted octanol–water partition coefficient (Wildman–Crippen LogP) is 8.00. The summed E-state index contributed by atoms with van der Waals surface area (Å²) in [6, 6.07) is 48.6. The molecule has 0 amide bonds. The number of tetrazole rings is 1. The largest absolute Gasteiger partial charge is 0.266 e. The lowest BCUT2D eigenvalue weighted by Crippen LogP contribution is -2.39. The summed E-state index contributed by atoms with van der Waals surface area (Å²) in [5.74, 6) is 1.46. The second kappa shape index (κ2) is 12.8. The quantitative estimate of drug-likeness (QED) is 0.142. The first-order chi connectivity index (χ1) is 24.2. The fourth-order valence-electron chi connectivity index (χ4n) is 7.03. The Morgan fingerprint density at radius 3 is 1.82 bits per heavy atom. The third-order valence-electron chi connectivity index (χ3n) is 9.19. The van der Waals surface area contributed by atoms with Gasteiger partial charge in [-0.15, -0.1) is 10.2 Å². The van der Waals surface area contributed by atoms with Crippen LogP contribution in [0.15, 0.2) is 146 Å². The summed E-state index contributed by atoms with van der Waals surface area (Å²) in [5, 5.41) is 18.5. The topological polar surface area (TPSA) is 78.7 Å². The molecule has 49 heavy (non-hydrogen) atoms. The van der Waals surface area contributed by atoms with Gasteiger partial charge in [-0.05, 0) is 57.2 Å². The molecular weight excluding hydrogens is 605 g/mol. The molecule has 8 rings (SSSR count). The Morgan fingerprint density at radius 1 is 0.653 bits per heavy atom. The van der Waals surface area contributed by atoms with Crippen molar-refractivity contribution in [2.24, 2.45) is 0 Å². The summed E-state index contributed by atoms with van der Waals surface area (Å²) in [6.07, 6.45) is 4.22. The van der Waals surface area contributed by atoms with E-state index >= 15 is 0 Å². The average molecular weight is 641 g/mol. The SMILES string of the molecule is CCCc1cn(Cc2ccc(-c3ccccc3-c3nnnn3C(c3ccccc3)(c3ccccc3)c3ccccc3)cc2)n2nc(C)nc12. The third kappa shape index (κ3) is 5.31. The van der Waals surface area contributed by atoms with Crippen molar-refractivity contribution in [3.63, 3.8) is 0 Å². The van der Waals surface area contributed by atoms with Gasteiger partial charge in [-0.1, -0.05) is 153 Å². The fraction of sp³-hybridized carbons (Fsp3) is 0.146. The molecule has 8 nitrogen and oxygen atoms in total. The summed E-state index contributed by atoms with van der Waals surface area (Å²) in [6.45, 7) is 4.83. The zero-order valence-corrected chi connectivity index (χ0v) is 27.6. The van der Waals surface area contributed by atoms with Gasteiger partial charge in [0.25, 0.3) is 0 Å². The highest BCUT2D eigenvalue weighted by Gasteiger charge is 2.42. The van der Waals surface area contributed by atoms with Gasteiger partial charge in [-0.25, -0.2) is 9.67 Å². The maximum atomic E-state index is 4.77. The maximum absolute atomic E-state index is 4.77. The molecule has 0 saturated heterocycles. The first kappa shape index (κ1) is 30.2. The van der Waals surface area contributed by atoms with E-state index < -0.39 is 5.54 Å². The Labute approximate surface area is 285 Å². The molecule has 5 aromatic carbocycles. The number of nitrogens with zero attached hydrogens (tertiary/aromatic N) is 8. The number of hydrogen-bond acceptors (Lipinski definition) is 5. The average Bonchev–Trinajstić information content (AvgIpc) is 3.87. The molecule has 0 aliphatic carbocycles. The zero-order valence-electron chi connectivity index (χ0n) is 27.6. The minimum absolute atomic E-state index is 0.677. The molecule has 0 fully saturated rings. The maximum Gasteiger partial charge on any atom is 0.184 e. The van der Waals surface area contributed by atoms with Gasteiger partial charge in [-0.3, -0.25) is 4.68 Å². The summed E-state index contributed by atoms with van der Waals surface area (Å²) in [7, 11) is 0. The minimum Gasteiger partial charge on any atom is -0.266 e. The standard InChI is InChI=1S/C41H36N8/c1-3-15-33-29-47(49-39(33)42-30(2)44-49)28-31-24-26-32(27-25-31)37-22-13-14-23-38(37)40-43-45-46-48(40)41(34-16-7-4-8-17-34,35-18-9-5-10-19-35)36-20-11-6-12-21-36/h4-14,16-27,29H,3,15,28H2,1-2H3. The smallest absolute Gasteiger partial charge is 0.184 e. The van der Waals surface area contributed by atoms with Crippen molar-refractivity contribution in [2.75, 3.05) is 0 Å². The van der Waals surface area contributed by atoms with Crippen LogP contribution in [-0.4, -0.2) is 39.6 Å². The molecule has 0 saturated carbocycles. The van der Waals surface area contributed by atoms with Gasteiger partial charge in [0.2, 0.25) is 0 Å².